The fraction of sp³-hybridized carbons (Fsp3) is 0.250. The Bertz CT molecular complexity index is 931. The molecule has 8 heteroatoms. The van der Waals surface area contributed by atoms with Gasteiger partial charge in [0.2, 0.25) is 11.8 Å². The summed E-state index contributed by atoms with van der Waals surface area (Å²) in [7, 11) is 3.18. The second kappa shape index (κ2) is 8.10. The fourth-order valence-corrected chi connectivity index (χ4v) is 3.27. The average Bonchev–Trinajstić information content (AvgIpc) is 3.05. The number of halogens is 2. The smallest absolute Gasteiger partial charge is 0.253 e. The zero-order chi connectivity index (χ0) is 20.4. The first-order valence-electron chi connectivity index (χ1n) is 8.64. The Morgan fingerprint density at radius 2 is 1.86 bits per heavy atom. The van der Waals surface area contributed by atoms with Crippen LogP contribution in [0.1, 0.15) is 16.8 Å². The lowest BCUT2D eigenvalue weighted by Gasteiger charge is -2.17. The maximum absolute atomic E-state index is 14.1. The van der Waals surface area contributed by atoms with Crippen LogP contribution in [0.5, 0.6) is 0 Å². The van der Waals surface area contributed by atoms with Gasteiger partial charge in [0.25, 0.3) is 5.91 Å². The molecule has 0 saturated carbocycles. The fourth-order valence-electron chi connectivity index (χ4n) is 3.00. The predicted octanol–water partition coefficient (Wildman–Crippen LogP) is 3.28. The highest BCUT2D eigenvalue weighted by atomic mass is 79.9. The van der Waals surface area contributed by atoms with Crippen molar-refractivity contribution in [1.29, 1.82) is 0 Å². The highest BCUT2D eigenvalue weighted by Gasteiger charge is 2.35. The van der Waals surface area contributed by atoms with E-state index >= 15 is 0 Å². The third kappa shape index (κ3) is 4.22. The van der Waals surface area contributed by atoms with Gasteiger partial charge in [0.05, 0.1) is 11.6 Å². The summed E-state index contributed by atoms with van der Waals surface area (Å²) < 4.78 is 15.0. The molecule has 1 saturated heterocycles. The largest absolute Gasteiger partial charge is 0.345 e. The summed E-state index contributed by atoms with van der Waals surface area (Å²) in [6.07, 6.45) is 0.0415. The van der Waals surface area contributed by atoms with E-state index in [0.29, 0.717) is 5.69 Å². The van der Waals surface area contributed by atoms with Crippen molar-refractivity contribution in [3.8, 4) is 0 Å². The van der Waals surface area contributed by atoms with Crippen molar-refractivity contribution in [3.63, 3.8) is 0 Å². The minimum atomic E-state index is -0.641. The van der Waals surface area contributed by atoms with Crippen molar-refractivity contribution in [2.24, 2.45) is 5.92 Å². The minimum Gasteiger partial charge on any atom is -0.345 e. The molecule has 28 heavy (non-hydrogen) atoms. The maximum atomic E-state index is 14.1. The minimum absolute atomic E-state index is 0.0415. The zero-order valence-corrected chi connectivity index (χ0v) is 17.0. The van der Waals surface area contributed by atoms with Gasteiger partial charge in [-0.2, -0.15) is 0 Å². The van der Waals surface area contributed by atoms with Crippen LogP contribution in [-0.2, 0) is 9.59 Å². The third-order valence-electron chi connectivity index (χ3n) is 4.51. The number of rotatable bonds is 4. The number of carbonyl (C=O) groups is 3. The molecule has 0 aromatic heterocycles. The van der Waals surface area contributed by atoms with Crippen LogP contribution in [0.3, 0.4) is 0 Å². The quantitative estimate of drug-likeness (QED) is 0.781. The van der Waals surface area contributed by atoms with Crippen molar-refractivity contribution < 1.29 is 18.8 Å². The second-order valence-corrected chi connectivity index (χ2v) is 7.68. The lowest BCUT2D eigenvalue weighted by Crippen LogP contribution is -2.28. The summed E-state index contributed by atoms with van der Waals surface area (Å²) in [4.78, 5) is 39.9. The van der Waals surface area contributed by atoms with Crippen LogP contribution >= 0.6 is 15.9 Å². The highest BCUT2D eigenvalue weighted by molar-refractivity contribution is 9.10. The van der Waals surface area contributed by atoms with Gasteiger partial charge in [-0.05, 0) is 42.5 Å². The molecular weight excluding hydrogens is 429 g/mol. The molecule has 146 valence electrons. The third-order valence-corrected chi connectivity index (χ3v) is 5.04. The molecular formula is C20H19BrFN3O3. The molecule has 1 aliphatic rings. The number of hydrogen-bond donors (Lipinski definition) is 1. The number of nitrogens with zero attached hydrogens (tertiary/aromatic N) is 2. The molecule has 2 aromatic carbocycles. The van der Waals surface area contributed by atoms with Gasteiger partial charge in [-0.25, -0.2) is 4.39 Å². The predicted molar refractivity (Wildman–Crippen MR) is 108 cm³/mol. The molecule has 0 spiro atoms. The first-order valence-corrected chi connectivity index (χ1v) is 9.43. The Kier molecular flexibility index (Phi) is 5.79. The maximum Gasteiger partial charge on any atom is 0.253 e. The van der Waals surface area contributed by atoms with E-state index in [-0.39, 0.29) is 36.0 Å². The summed E-state index contributed by atoms with van der Waals surface area (Å²) in [5.41, 5.74) is 0.890. The van der Waals surface area contributed by atoms with E-state index in [4.69, 9.17) is 0 Å². The van der Waals surface area contributed by atoms with Crippen LogP contribution in [0, 0.1) is 11.7 Å². The number of hydrogen-bond acceptors (Lipinski definition) is 3. The molecule has 1 aliphatic heterocycles. The molecule has 0 aliphatic carbocycles. The first kappa shape index (κ1) is 20.0. The van der Waals surface area contributed by atoms with E-state index < -0.39 is 17.6 Å². The summed E-state index contributed by atoms with van der Waals surface area (Å²) in [6.45, 7) is 0.213. The van der Waals surface area contributed by atoms with Gasteiger partial charge in [0.15, 0.2) is 0 Å². The van der Waals surface area contributed by atoms with Crippen LogP contribution in [0.15, 0.2) is 46.9 Å². The molecule has 1 atom stereocenters. The lowest BCUT2D eigenvalue weighted by atomic mass is 10.1. The number of benzene rings is 2. The molecule has 1 heterocycles. The van der Waals surface area contributed by atoms with Gasteiger partial charge in [-0.3, -0.25) is 14.4 Å². The summed E-state index contributed by atoms with van der Waals surface area (Å²) in [5, 5.41) is 2.52. The van der Waals surface area contributed by atoms with E-state index in [0.717, 1.165) is 10.5 Å². The average molecular weight is 448 g/mol. The Balaban J connectivity index is 1.73. The topological polar surface area (TPSA) is 69.7 Å². The Labute approximate surface area is 170 Å². The molecule has 3 rings (SSSR count). The Morgan fingerprint density at radius 1 is 1.18 bits per heavy atom. The monoisotopic (exact) mass is 447 g/mol. The van der Waals surface area contributed by atoms with Gasteiger partial charge in [0, 0.05) is 42.8 Å². The number of amides is 3. The number of nitrogens with one attached hydrogen (secondary N) is 1. The van der Waals surface area contributed by atoms with Crippen molar-refractivity contribution in [2.75, 3.05) is 30.9 Å². The van der Waals surface area contributed by atoms with E-state index in [1.165, 1.54) is 17.0 Å². The SMILES string of the molecule is CN(C)C(=O)c1ccc(F)c(NC(=O)[C@H]2CC(=O)N(c3ccc(Br)cc3)C2)c1. The first-order chi connectivity index (χ1) is 13.3. The van der Waals surface area contributed by atoms with E-state index in [1.54, 1.807) is 31.1 Å². The van der Waals surface area contributed by atoms with Crippen molar-refractivity contribution in [1.82, 2.24) is 4.90 Å². The highest BCUT2D eigenvalue weighted by Crippen LogP contribution is 2.27. The van der Waals surface area contributed by atoms with E-state index in [9.17, 15) is 18.8 Å². The van der Waals surface area contributed by atoms with E-state index in [1.807, 2.05) is 12.1 Å². The van der Waals surface area contributed by atoms with E-state index in [2.05, 4.69) is 21.2 Å². The van der Waals surface area contributed by atoms with Crippen LogP contribution in [0.2, 0.25) is 0 Å². The van der Waals surface area contributed by atoms with Crippen LogP contribution in [-0.4, -0.2) is 43.3 Å². The van der Waals surface area contributed by atoms with Gasteiger partial charge < -0.3 is 15.1 Å². The van der Waals surface area contributed by atoms with Gasteiger partial charge in [-0.15, -0.1) is 0 Å². The van der Waals surface area contributed by atoms with Crippen molar-refractivity contribution in [3.05, 3.63) is 58.3 Å². The van der Waals surface area contributed by atoms with Crippen LogP contribution < -0.4 is 10.2 Å². The van der Waals surface area contributed by atoms with Crippen LogP contribution in [0.25, 0.3) is 0 Å². The van der Waals surface area contributed by atoms with Crippen molar-refractivity contribution in [2.45, 2.75) is 6.42 Å². The Hall–Kier alpha value is -2.74. The summed E-state index contributed by atoms with van der Waals surface area (Å²) in [6, 6.07) is 11.0. The second-order valence-electron chi connectivity index (χ2n) is 6.77. The molecule has 1 N–H and O–H groups in total. The van der Waals surface area contributed by atoms with Gasteiger partial charge in [0.1, 0.15) is 5.82 Å². The molecule has 1 fully saturated rings. The summed E-state index contributed by atoms with van der Waals surface area (Å²) in [5.74, 6) is -2.17. The number of anilines is 2. The van der Waals surface area contributed by atoms with Gasteiger partial charge >= 0.3 is 0 Å². The summed E-state index contributed by atoms with van der Waals surface area (Å²) >= 11 is 3.34. The standard InChI is InChI=1S/C20H19BrFN3O3/c1-24(2)20(28)12-3-8-16(22)17(9-12)23-19(27)13-10-18(26)25(11-13)15-6-4-14(21)5-7-15/h3-9,13H,10-11H2,1-2H3,(H,23,27)/t13-/m0/s1. The molecule has 0 unspecified atom stereocenters. The molecule has 2 aromatic rings. The van der Waals surface area contributed by atoms with Crippen LogP contribution in [0.4, 0.5) is 15.8 Å². The van der Waals surface area contributed by atoms with Crippen molar-refractivity contribution >= 4 is 45.0 Å². The van der Waals surface area contributed by atoms with Gasteiger partial charge in [-0.1, -0.05) is 15.9 Å². The zero-order valence-electron chi connectivity index (χ0n) is 15.4. The number of carbonyl (C=O) groups excluding carboxylic acids is 3. The molecule has 0 radical (unpaired) electrons. The molecule has 3 amide bonds. The molecule has 6 nitrogen and oxygen atoms in total. The normalized spacial score (nSPS) is 16.2. The lowest BCUT2D eigenvalue weighted by molar-refractivity contribution is -0.122. The Morgan fingerprint density at radius 3 is 2.50 bits per heavy atom. The molecule has 0 bridgehead atoms.